The van der Waals surface area contributed by atoms with Gasteiger partial charge in [-0.1, -0.05) is 46.9 Å². The van der Waals surface area contributed by atoms with E-state index < -0.39 is 34.9 Å². The zero-order valence-corrected chi connectivity index (χ0v) is 16.1. The normalized spacial score (nSPS) is 26.0. The molecule has 1 fully saturated rings. The van der Waals surface area contributed by atoms with Gasteiger partial charge in [-0.2, -0.15) is 0 Å². The summed E-state index contributed by atoms with van der Waals surface area (Å²) >= 11 is 17.6. The van der Waals surface area contributed by atoms with E-state index in [1.807, 2.05) is 0 Å². The highest BCUT2D eigenvalue weighted by atomic mass is 35.5. The summed E-state index contributed by atoms with van der Waals surface area (Å²) in [4.78, 5) is 25.6. The van der Waals surface area contributed by atoms with Crippen LogP contribution in [-0.2, 0) is 9.53 Å². The Balaban J connectivity index is 1.90. The Hall–Kier alpha value is -1.47. The molecule has 0 spiro atoms. The lowest BCUT2D eigenvalue weighted by molar-refractivity contribution is -0.144. The summed E-state index contributed by atoms with van der Waals surface area (Å²) < 4.78 is 5.30. The number of carbonyl (C=O) groups excluding carboxylic acids is 2. The van der Waals surface area contributed by atoms with Crippen LogP contribution in [0.25, 0.3) is 0 Å². The van der Waals surface area contributed by atoms with Crippen LogP contribution in [-0.4, -0.2) is 39.0 Å². The third-order valence-corrected chi connectivity index (χ3v) is 5.16. The summed E-state index contributed by atoms with van der Waals surface area (Å²) in [6.07, 6.45) is -3.52. The minimum Gasteiger partial charge on any atom is -0.380 e. The summed E-state index contributed by atoms with van der Waals surface area (Å²) in [5.41, 5.74) is -2.86. The smallest absolute Gasteiger partial charge is 0.197 e. The van der Waals surface area contributed by atoms with Gasteiger partial charge in [0.15, 0.2) is 23.3 Å². The van der Waals surface area contributed by atoms with Crippen LogP contribution in [0.15, 0.2) is 48.5 Å². The fraction of sp³-hybridized carbons (Fsp3) is 0.263. The molecule has 0 saturated carbocycles. The van der Waals surface area contributed by atoms with Crippen LogP contribution in [0.3, 0.4) is 0 Å². The number of carbonyl (C=O) groups is 2. The average molecular weight is 430 g/mol. The van der Waals surface area contributed by atoms with Crippen molar-refractivity contribution in [3.05, 3.63) is 69.7 Å². The second kappa shape index (κ2) is 7.87. The molecule has 0 amide bonds. The van der Waals surface area contributed by atoms with Crippen molar-refractivity contribution >= 4 is 46.4 Å². The summed E-state index contributed by atoms with van der Waals surface area (Å²) in [5, 5.41) is 22.2. The van der Waals surface area contributed by atoms with Crippen molar-refractivity contribution < 1.29 is 24.5 Å². The monoisotopic (exact) mass is 428 g/mol. The Morgan fingerprint density at radius 1 is 1.04 bits per heavy atom. The molecule has 3 rings (SSSR count). The third-order valence-electron chi connectivity index (χ3n) is 4.40. The first-order valence-corrected chi connectivity index (χ1v) is 9.21. The number of hydrogen-bond donors (Lipinski definition) is 2. The maximum Gasteiger partial charge on any atom is 0.197 e. The highest BCUT2D eigenvalue weighted by Gasteiger charge is 2.56. The minimum atomic E-state index is -2.20. The number of rotatable bonds is 5. The minimum absolute atomic E-state index is 0.148. The molecule has 1 aliphatic heterocycles. The molecule has 1 unspecified atom stereocenters. The molecule has 1 aliphatic rings. The molecular formula is C19H15Cl3O5. The molecule has 0 aromatic heterocycles. The number of aliphatic hydroxyl groups excluding tert-OH is 1. The zero-order valence-electron chi connectivity index (χ0n) is 13.8. The van der Waals surface area contributed by atoms with Crippen molar-refractivity contribution in [2.45, 2.75) is 29.8 Å². The van der Waals surface area contributed by atoms with E-state index in [1.165, 1.54) is 48.5 Å². The molecule has 2 N–H and O–H groups in total. The number of ether oxygens (including phenoxy) is 1. The van der Waals surface area contributed by atoms with E-state index in [4.69, 9.17) is 39.5 Å². The fourth-order valence-corrected chi connectivity index (χ4v) is 3.57. The highest BCUT2D eigenvalue weighted by Crippen LogP contribution is 2.38. The SMILES string of the molecule is O=C(C(O)c1ccc(Cl)cc1)[C@H]1O[C@H](Cl)C[C@@]1(O)C(=O)c1ccc(Cl)cc1. The first kappa shape index (κ1) is 20.3. The molecule has 8 heteroatoms. The molecule has 5 nitrogen and oxygen atoms in total. The highest BCUT2D eigenvalue weighted by molar-refractivity contribution is 6.31. The van der Waals surface area contributed by atoms with Crippen molar-refractivity contribution in [2.24, 2.45) is 0 Å². The number of benzene rings is 2. The zero-order chi connectivity index (χ0) is 19.8. The standard InChI is InChI=1S/C19H15Cl3O5/c20-12-5-1-10(2-6-12)15(23)16(24)18-19(26,9-14(22)27-18)17(25)11-3-7-13(21)8-4-11/h1-8,14-15,18,23,26H,9H2/t14-,15?,18+,19+/m0/s1. The lowest BCUT2D eigenvalue weighted by Gasteiger charge is -2.27. The van der Waals surface area contributed by atoms with Gasteiger partial charge in [0.1, 0.15) is 11.7 Å². The topological polar surface area (TPSA) is 83.8 Å². The maximum absolute atomic E-state index is 12.9. The van der Waals surface area contributed by atoms with Crippen LogP contribution in [0.1, 0.15) is 28.4 Å². The van der Waals surface area contributed by atoms with Crippen LogP contribution in [0, 0.1) is 0 Å². The number of halogens is 3. The maximum atomic E-state index is 12.9. The van der Waals surface area contributed by atoms with Gasteiger partial charge in [-0.05, 0) is 42.0 Å². The van der Waals surface area contributed by atoms with E-state index >= 15 is 0 Å². The average Bonchev–Trinajstić information content (AvgIpc) is 2.96. The molecule has 0 radical (unpaired) electrons. The van der Waals surface area contributed by atoms with E-state index in [0.717, 1.165) is 0 Å². The van der Waals surface area contributed by atoms with Gasteiger partial charge in [-0.25, -0.2) is 0 Å². The summed E-state index contributed by atoms with van der Waals surface area (Å²) in [6, 6.07) is 11.8. The molecule has 0 aliphatic carbocycles. The van der Waals surface area contributed by atoms with Gasteiger partial charge in [-0.3, -0.25) is 9.59 Å². The number of Topliss-reactive ketones (excluding diaryl/α,β-unsaturated/α-hetero) is 2. The Morgan fingerprint density at radius 3 is 2.11 bits per heavy atom. The summed E-state index contributed by atoms with van der Waals surface area (Å²) in [6.45, 7) is 0. The van der Waals surface area contributed by atoms with E-state index in [1.54, 1.807) is 0 Å². The Morgan fingerprint density at radius 2 is 1.56 bits per heavy atom. The first-order chi connectivity index (χ1) is 12.7. The van der Waals surface area contributed by atoms with Gasteiger partial charge >= 0.3 is 0 Å². The molecule has 4 atom stereocenters. The molecule has 142 valence electrons. The number of ketones is 2. The predicted octanol–water partition coefficient (Wildman–Crippen LogP) is 3.56. The summed E-state index contributed by atoms with van der Waals surface area (Å²) in [7, 11) is 0. The van der Waals surface area contributed by atoms with Gasteiger partial charge in [0.25, 0.3) is 0 Å². The van der Waals surface area contributed by atoms with Gasteiger partial charge in [0.05, 0.1) is 0 Å². The summed E-state index contributed by atoms with van der Waals surface area (Å²) in [5.74, 6) is -1.60. The Kier molecular flexibility index (Phi) is 5.91. The predicted molar refractivity (Wildman–Crippen MR) is 101 cm³/mol. The molecule has 2 aromatic rings. The van der Waals surface area contributed by atoms with Crippen LogP contribution in [0.2, 0.25) is 10.0 Å². The second-order valence-electron chi connectivity index (χ2n) is 6.25. The second-order valence-corrected chi connectivity index (χ2v) is 7.61. The molecule has 0 bridgehead atoms. The lowest BCUT2D eigenvalue weighted by atomic mass is 9.83. The molecular weight excluding hydrogens is 415 g/mol. The van der Waals surface area contributed by atoms with Gasteiger partial charge < -0.3 is 14.9 Å². The fourth-order valence-electron chi connectivity index (χ4n) is 2.98. The van der Waals surface area contributed by atoms with Crippen molar-refractivity contribution in [2.75, 3.05) is 0 Å². The largest absolute Gasteiger partial charge is 0.380 e. The first-order valence-electron chi connectivity index (χ1n) is 8.02. The van der Waals surface area contributed by atoms with Crippen LogP contribution >= 0.6 is 34.8 Å². The Bertz CT molecular complexity index is 853. The number of aliphatic hydroxyl groups is 2. The van der Waals surface area contributed by atoms with E-state index in [-0.39, 0.29) is 17.5 Å². The van der Waals surface area contributed by atoms with Crippen molar-refractivity contribution in [1.29, 1.82) is 0 Å². The van der Waals surface area contributed by atoms with Gasteiger partial charge in [0, 0.05) is 22.0 Å². The van der Waals surface area contributed by atoms with Crippen LogP contribution < -0.4 is 0 Å². The van der Waals surface area contributed by atoms with Crippen molar-refractivity contribution in [3.63, 3.8) is 0 Å². The van der Waals surface area contributed by atoms with Crippen molar-refractivity contribution in [1.82, 2.24) is 0 Å². The third kappa shape index (κ3) is 4.04. The van der Waals surface area contributed by atoms with Gasteiger partial charge in [-0.15, -0.1) is 0 Å². The van der Waals surface area contributed by atoms with E-state index in [0.29, 0.717) is 10.0 Å². The number of hydrogen-bond acceptors (Lipinski definition) is 5. The van der Waals surface area contributed by atoms with Gasteiger partial charge in [0.2, 0.25) is 0 Å². The van der Waals surface area contributed by atoms with Crippen LogP contribution in [0.4, 0.5) is 0 Å². The molecule has 1 saturated heterocycles. The van der Waals surface area contributed by atoms with Crippen molar-refractivity contribution in [3.8, 4) is 0 Å². The number of alkyl halides is 1. The molecule has 2 aromatic carbocycles. The molecule has 1 heterocycles. The molecule has 27 heavy (non-hydrogen) atoms. The van der Waals surface area contributed by atoms with E-state index in [2.05, 4.69) is 0 Å². The van der Waals surface area contributed by atoms with Crippen LogP contribution in [0.5, 0.6) is 0 Å². The lowest BCUT2D eigenvalue weighted by Crippen LogP contribution is -2.51. The quantitative estimate of drug-likeness (QED) is 0.561. The Labute approximate surface area is 170 Å². The van der Waals surface area contributed by atoms with E-state index in [9.17, 15) is 19.8 Å².